The molecule has 0 rings (SSSR count). The topological polar surface area (TPSA) is 89.6 Å². The average Bonchev–Trinajstić information content (AvgIpc) is 2.41. The standard InChI is InChI=1S/C13H29N.CH4O4S/c1-2-3-4-5-6-7-8-9-10-11-12-13-14;1-5-6(2,3)4/h2-14H2,1H3;1H3,(H,2,3,4). The van der Waals surface area contributed by atoms with Gasteiger partial charge >= 0.3 is 10.4 Å². The Morgan fingerprint density at radius 1 is 0.850 bits per heavy atom. The van der Waals surface area contributed by atoms with E-state index in [4.69, 9.17) is 10.3 Å². The predicted octanol–water partition coefficient (Wildman–Crippen LogP) is 3.69. The number of rotatable bonds is 12. The van der Waals surface area contributed by atoms with Gasteiger partial charge in [0.1, 0.15) is 0 Å². The van der Waals surface area contributed by atoms with Crippen LogP contribution in [0.3, 0.4) is 0 Å². The summed E-state index contributed by atoms with van der Waals surface area (Å²) < 4.78 is 29.7. The van der Waals surface area contributed by atoms with Gasteiger partial charge in [-0.25, -0.2) is 0 Å². The van der Waals surface area contributed by atoms with E-state index in [9.17, 15) is 8.42 Å². The molecule has 0 aliphatic heterocycles. The van der Waals surface area contributed by atoms with E-state index in [-0.39, 0.29) is 0 Å². The van der Waals surface area contributed by atoms with E-state index in [1.807, 2.05) is 0 Å². The quantitative estimate of drug-likeness (QED) is 0.424. The van der Waals surface area contributed by atoms with E-state index < -0.39 is 10.4 Å². The third-order valence-corrected chi connectivity index (χ3v) is 3.44. The maximum atomic E-state index is 9.33. The van der Waals surface area contributed by atoms with Crippen molar-refractivity contribution in [2.45, 2.75) is 77.6 Å². The summed E-state index contributed by atoms with van der Waals surface area (Å²) in [6.07, 6.45) is 15.4. The molecule has 0 bridgehead atoms. The van der Waals surface area contributed by atoms with Crippen LogP contribution in [0.1, 0.15) is 77.6 Å². The lowest BCUT2D eigenvalue weighted by Crippen LogP contribution is -1.97. The van der Waals surface area contributed by atoms with Crippen LogP contribution in [-0.4, -0.2) is 26.6 Å². The van der Waals surface area contributed by atoms with Crippen molar-refractivity contribution in [3.8, 4) is 0 Å². The van der Waals surface area contributed by atoms with Crippen molar-refractivity contribution in [1.29, 1.82) is 0 Å². The molecule has 0 amide bonds. The minimum atomic E-state index is -4.16. The molecule has 0 fully saturated rings. The first kappa shape index (κ1) is 22.1. The van der Waals surface area contributed by atoms with Crippen LogP contribution in [0.4, 0.5) is 0 Å². The van der Waals surface area contributed by atoms with Gasteiger partial charge < -0.3 is 5.73 Å². The van der Waals surface area contributed by atoms with Crippen molar-refractivity contribution in [3.63, 3.8) is 0 Å². The summed E-state index contributed by atoms with van der Waals surface area (Å²) in [5, 5.41) is 0. The Morgan fingerprint density at radius 2 is 1.15 bits per heavy atom. The van der Waals surface area contributed by atoms with Crippen LogP contribution in [-0.2, 0) is 14.6 Å². The molecule has 0 aliphatic rings. The lowest BCUT2D eigenvalue weighted by Gasteiger charge is -2.01. The molecule has 0 unspecified atom stereocenters. The van der Waals surface area contributed by atoms with Gasteiger partial charge in [-0.2, -0.15) is 8.42 Å². The highest BCUT2D eigenvalue weighted by molar-refractivity contribution is 7.80. The van der Waals surface area contributed by atoms with Crippen LogP contribution in [0.5, 0.6) is 0 Å². The molecule has 0 atom stereocenters. The van der Waals surface area contributed by atoms with Crippen LogP contribution in [0, 0.1) is 0 Å². The van der Waals surface area contributed by atoms with E-state index in [0.717, 1.165) is 13.7 Å². The summed E-state index contributed by atoms with van der Waals surface area (Å²) in [7, 11) is -3.29. The molecule has 124 valence electrons. The molecular formula is C14H33NO4S. The zero-order chi connectivity index (χ0) is 15.7. The lowest BCUT2D eigenvalue weighted by atomic mass is 10.1. The van der Waals surface area contributed by atoms with Crippen molar-refractivity contribution in [2.75, 3.05) is 13.7 Å². The Labute approximate surface area is 125 Å². The van der Waals surface area contributed by atoms with Crippen LogP contribution in [0.25, 0.3) is 0 Å². The number of hydrogen-bond acceptors (Lipinski definition) is 4. The largest absolute Gasteiger partial charge is 0.397 e. The molecule has 6 heteroatoms. The summed E-state index contributed by atoms with van der Waals surface area (Å²) in [5.41, 5.74) is 5.44. The second kappa shape index (κ2) is 16.9. The van der Waals surface area contributed by atoms with Gasteiger partial charge in [0, 0.05) is 0 Å². The van der Waals surface area contributed by atoms with E-state index in [0.29, 0.717) is 0 Å². The number of nitrogens with two attached hydrogens (primary N) is 1. The first-order chi connectivity index (χ1) is 9.47. The molecule has 0 saturated heterocycles. The molecular weight excluding hydrogens is 278 g/mol. The summed E-state index contributed by atoms with van der Waals surface area (Å²) in [6.45, 7) is 3.15. The Morgan fingerprint density at radius 3 is 1.40 bits per heavy atom. The molecule has 0 saturated carbocycles. The van der Waals surface area contributed by atoms with E-state index >= 15 is 0 Å². The van der Waals surface area contributed by atoms with Crippen LogP contribution in [0.2, 0.25) is 0 Å². The highest BCUT2D eigenvalue weighted by atomic mass is 32.3. The molecule has 0 aromatic rings. The second-order valence-corrected chi connectivity index (χ2v) is 6.11. The van der Waals surface area contributed by atoms with Crippen LogP contribution in [0.15, 0.2) is 0 Å². The molecule has 5 nitrogen and oxygen atoms in total. The third kappa shape index (κ3) is 26.4. The third-order valence-electron chi connectivity index (χ3n) is 3.02. The summed E-state index contributed by atoms with van der Waals surface area (Å²) >= 11 is 0. The van der Waals surface area contributed by atoms with Gasteiger partial charge in [0.15, 0.2) is 0 Å². The van der Waals surface area contributed by atoms with Crippen molar-refractivity contribution in [2.24, 2.45) is 5.73 Å². The maximum absolute atomic E-state index is 9.33. The zero-order valence-electron chi connectivity index (χ0n) is 13.1. The maximum Gasteiger partial charge on any atom is 0.397 e. The fraction of sp³-hybridized carbons (Fsp3) is 1.00. The Hall–Kier alpha value is -0.170. The molecule has 0 aliphatic carbocycles. The molecule has 0 radical (unpaired) electrons. The number of hydrogen-bond donors (Lipinski definition) is 2. The molecule has 0 aromatic carbocycles. The Balaban J connectivity index is 0. The predicted molar refractivity (Wildman–Crippen MR) is 84.1 cm³/mol. The van der Waals surface area contributed by atoms with Gasteiger partial charge in [0.05, 0.1) is 7.11 Å². The van der Waals surface area contributed by atoms with Gasteiger partial charge in [-0.1, -0.05) is 71.1 Å². The van der Waals surface area contributed by atoms with Gasteiger partial charge in [0.2, 0.25) is 0 Å². The van der Waals surface area contributed by atoms with Crippen molar-refractivity contribution < 1.29 is 17.2 Å². The van der Waals surface area contributed by atoms with E-state index in [1.54, 1.807) is 0 Å². The van der Waals surface area contributed by atoms with Gasteiger partial charge in [-0.15, -0.1) is 0 Å². The summed E-state index contributed by atoms with van der Waals surface area (Å²) in [4.78, 5) is 0. The number of unbranched alkanes of at least 4 members (excludes halogenated alkanes) is 10. The van der Waals surface area contributed by atoms with E-state index in [2.05, 4.69) is 11.1 Å². The molecule has 20 heavy (non-hydrogen) atoms. The lowest BCUT2D eigenvalue weighted by molar-refractivity contribution is 0.324. The van der Waals surface area contributed by atoms with E-state index in [1.165, 1.54) is 70.6 Å². The minimum absolute atomic E-state index is 0.870. The second-order valence-electron chi connectivity index (χ2n) is 4.92. The van der Waals surface area contributed by atoms with Crippen molar-refractivity contribution >= 4 is 10.4 Å². The minimum Gasteiger partial charge on any atom is -0.330 e. The first-order valence-electron chi connectivity index (χ1n) is 7.71. The molecule has 0 heterocycles. The normalized spacial score (nSPS) is 11.0. The van der Waals surface area contributed by atoms with Gasteiger partial charge in [-0.3, -0.25) is 8.74 Å². The smallest absolute Gasteiger partial charge is 0.330 e. The Bertz CT molecular complexity index is 256. The summed E-state index contributed by atoms with van der Waals surface area (Å²) in [6, 6.07) is 0. The molecule has 0 spiro atoms. The SMILES string of the molecule is CCCCCCCCCCCCCN.COS(=O)(=O)O. The average molecular weight is 311 g/mol. The van der Waals surface area contributed by atoms with Crippen LogP contribution >= 0.6 is 0 Å². The highest BCUT2D eigenvalue weighted by Crippen LogP contribution is 2.10. The van der Waals surface area contributed by atoms with Crippen molar-refractivity contribution in [1.82, 2.24) is 0 Å². The van der Waals surface area contributed by atoms with Crippen LogP contribution < -0.4 is 5.73 Å². The van der Waals surface area contributed by atoms with Gasteiger partial charge in [-0.05, 0) is 13.0 Å². The summed E-state index contributed by atoms with van der Waals surface area (Å²) in [5.74, 6) is 0. The monoisotopic (exact) mass is 311 g/mol. The van der Waals surface area contributed by atoms with Gasteiger partial charge in [0.25, 0.3) is 0 Å². The highest BCUT2D eigenvalue weighted by Gasteiger charge is 1.94. The fourth-order valence-electron chi connectivity index (χ4n) is 1.81. The zero-order valence-corrected chi connectivity index (χ0v) is 14.0. The molecule has 3 N–H and O–H groups in total. The first-order valence-corrected chi connectivity index (χ1v) is 9.07. The fourth-order valence-corrected chi connectivity index (χ4v) is 1.81. The van der Waals surface area contributed by atoms with Crippen molar-refractivity contribution in [3.05, 3.63) is 0 Å². The Kier molecular flexibility index (Phi) is 18.7. The molecule has 0 aromatic heterocycles.